The number of amides is 1. The molecule has 142 valence electrons. The highest BCUT2D eigenvalue weighted by Crippen LogP contribution is 2.47. The first-order chi connectivity index (χ1) is 13.3. The lowest BCUT2D eigenvalue weighted by Crippen LogP contribution is -2.26. The number of aromatic nitrogens is 1. The Balaban J connectivity index is 2.16. The minimum Gasteiger partial charge on any atom is -0.477 e. The lowest BCUT2D eigenvalue weighted by molar-refractivity contribution is 0.0695. The van der Waals surface area contributed by atoms with Gasteiger partial charge in [-0.15, -0.1) is 0 Å². The van der Waals surface area contributed by atoms with E-state index in [0.717, 1.165) is 29.0 Å². The number of carbonyl (C=O) groups excluding carboxylic acids is 1. The van der Waals surface area contributed by atoms with Gasteiger partial charge in [-0.2, -0.15) is 0 Å². The normalized spacial score (nSPS) is 13.6. The van der Waals surface area contributed by atoms with Gasteiger partial charge in [-0.1, -0.05) is 12.1 Å². The number of aryl methyl sites for hydroxylation is 1. The predicted molar refractivity (Wildman–Crippen MR) is 101 cm³/mol. The van der Waals surface area contributed by atoms with Crippen molar-refractivity contribution in [3.05, 3.63) is 75.0 Å². The number of pyridine rings is 2. The molecule has 0 bridgehead atoms. The van der Waals surface area contributed by atoms with Crippen molar-refractivity contribution in [1.29, 1.82) is 0 Å². The number of halogens is 1. The summed E-state index contributed by atoms with van der Waals surface area (Å²) in [5.74, 6) is -2.50. The van der Waals surface area contributed by atoms with Gasteiger partial charge in [0, 0.05) is 17.3 Å². The number of nitrogens with zero attached hydrogens (tertiary/aromatic N) is 1. The molecule has 0 atom stereocenters. The van der Waals surface area contributed by atoms with Crippen LogP contribution in [0.5, 0.6) is 0 Å². The minimum atomic E-state index is -1.38. The van der Waals surface area contributed by atoms with Crippen LogP contribution in [0.3, 0.4) is 0 Å². The fourth-order valence-electron chi connectivity index (χ4n) is 3.74. The number of fused-ring (bicyclic) bond motifs is 1. The molecule has 0 spiro atoms. The van der Waals surface area contributed by atoms with E-state index in [0.29, 0.717) is 22.2 Å². The Kier molecular flexibility index (Phi) is 4.03. The molecule has 0 radical (unpaired) electrons. The zero-order chi connectivity index (χ0) is 20.2. The van der Waals surface area contributed by atoms with Crippen LogP contribution >= 0.6 is 0 Å². The third-order valence-electron chi connectivity index (χ3n) is 5.09. The third kappa shape index (κ3) is 2.76. The van der Waals surface area contributed by atoms with Crippen LogP contribution in [0.4, 0.5) is 4.39 Å². The maximum absolute atomic E-state index is 14.0. The van der Waals surface area contributed by atoms with Crippen LogP contribution in [-0.4, -0.2) is 21.4 Å². The second-order valence-corrected chi connectivity index (χ2v) is 7.05. The average molecular weight is 380 g/mol. The van der Waals surface area contributed by atoms with Crippen LogP contribution in [0.25, 0.3) is 16.6 Å². The SMILES string of the molecule is Cc1cc(F)cn2c(=O)c(C(=O)O)c(-c3ccc(C(N)=O)cc3)c(C3CC3)c12. The van der Waals surface area contributed by atoms with Gasteiger partial charge in [-0.3, -0.25) is 14.0 Å². The van der Waals surface area contributed by atoms with E-state index in [1.807, 2.05) is 0 Å². The largest absolute Gasteiger partial charge is 0.477 e. The van der Waals surface area contributed by atoms with E-state index in [-0.39, 0.29) is 11.5 Å². The van der Waals surface area contributed by atoms with Gasteiger partial charge in [0.05, 0.1) is 5.52 Å². The molecule has 2 aromatic heterocycles. The number of carboxylic acid groups (broad SMARTS) is 1. The Labute approximate surface area is 159 Å². The Bertz CT molecular complexity index is 1210. The summed E-state index contributed by atoms with van der Waals surface area (Å²) in [4.78, 5) is 36.4. The molecule has 1 aromatic carbocycles. The molecule has 28 heavy (non-hydrogen) atoms. The zero-order valence-corrected chi connectivity index (χ0v) is 15.0. The van der Waals surface area contributed by atoms with E-state index < -0.39 is 28.8 Å². The number of carboxylic acids is 1. The highest BCUT2D eigenvalue weighted by atomic mass is 19.1. The molecule has 1 saturated carbocycles. The minimum absolute atomic E-state index is 0.0867. The van der Waals surface area contributed by atoms with E-state index in [4.69, 9.17) is 5.73 Å². The second-order valence-electron chi connectivity index (χ2n) is 7.05. The number of rotatable bonds is 4. The zero-order valence-electron chi connectivity index (χ0n) is 15.0. The second kappa shape index (κ2) is 6.30. The summed E-state index contributed by atoms with van der Waals surface area (Å²) in [6.45, 7) is 1.70. The molecular weight excluding hydrogens is 363 g/mol. The van der Waals surface area contributed by atoms with Crippen molar-refractivity contribution in [3.63, 3.8) is 0 Å². The topological polar surface area (TPSA) is 102 Å². The van der Waals surface area contributed by atoms with Gasteiger partial charge < -0.3 is 10.8 Å². The van der Waals surface area contributed by atoms with Crippen LogP contribution < -0.4 is 11.3 Å². The van der Waals surface area contributed by atoms with Crippen molar-refractivity contribution in [3.8, 4) is 11.1 Å². The molecular formula is C21H17FN2O4. The summed E-state index contributed by atoms with van der Waals surface area (Å²) in [6.07, 6.45) is 2.75. The lowest BCUT2D eigenvalue weighted by atomic mass is 9.90. The predicted octanol–water partition coefficient (Wildman–Crippen LogP) is 3.09. The first-order valence-electron chi connectivity index (χ1n) is 8.81. The summed E-state index contributed by atoms with van der Waals surface area (Å²) in [6, 6.07) is 7.50. The first kappa shape index (κ1) is 17.9. The van der Waals surface area contributed by atoms with Crippen LogP contribution in [0.2, 0.25) is 0 Å². The van der Waals surface area contributed by atoms with Gasteiger partial charge in [0.2, 0.25) is 5.91 Å². The van der Waals surface area contributed by atoms with Crippen LogP contribution in [-0.2, 0) is 0 Å². The van der Waals surface area contributed by atoms with Crippen molar-refractivity contribution in [2.45, 2.75) is 25.7 Å². The van der Waals surface area contributed by atoms with Crippen LogP contribution in [0, 0.1) is 12.7 Å². The van der Waals surface area contributed by atoms with Gasteiger partial charge in [0.15, 0.2) is 0 Å². The number of aromatic carboxylic acids is 1. The Morgan fingerprint density at radius 1 is 1.21 bits per heavy atom. The van der Waals surface area contributed by atoms with Gasteiger partial charge >= 0.3 is 5.97 Å². The number of hydrogen-bond donors (Lipinski definition) is 2. The van der Waals surface area contributed by atoms with Crippen molar-refractivity contribution >= 4 is 17.4 Å². The van der Waals surface area contributed by atoms with Crippen molar-refractivity contribution in [2.24, 2.45) is 5.73 Å². The summed E-state index contributed by atoms with van der Waals surface area (Å²) in [5.41, 5.74) is 7.02. The fourth-order valence-corrected chi connectivity index (χ4v) is 3.74. The van der Waals surface area contributed by atoms with E-state index in [2.05, 4.69) is 0 Å². The number of primary amides is 1. The molecule has 0 saturated heterocycles. The summed E-state index contributed by atoms with van der Waals surface area (Å²) < 4.78 is 15.1. The van der Waals surface area contributed by atoms with Gasteiger partial charge in [-0.05, 0) is 60.6 Å². The van der Waals surface area contributed by atoms with Crippen LogP contribution in [0.15, 0.2) is 41.3 Å². The molecule has 3 aromatic rings. The summed E-state index contributed by atoms with van der Waals surface area (Å²) in [5, 5.41) is 9.79. The van der Waals surface area contributed by atoms with E-state index >= 15 is 0 Å². The fraction of sp³-hybridized carbons (Fsp3) is 0.190. The van der Waals surface area contributed by atoms with Gasteiger partial charge in [0.25, 0.3) is 5.56 Å². The molecule has 6 nitrogen and oxygen atoms in total. The molecule has 0 unspecified atom stereocenters. The van der Waals surface area contributed by atoms with Crippen LogP contribution in [0.1, 0.15) is 50.6 Å². The molecule has 1 fully saturated rings. The number of nitrogens with two attached hydrogens (primary N) is 1. The molecule has 0 aliphatic heterocycles. The number of benzene rings is 1. The molecule has 1 aliphatic carbocycles. The first-order valence-corrected chi connectivity index (χ1v) is 8.81. The number of carbonyl (C=O) groups is 2. The van der Waals surface area contributed by atoms with E-state index in [1.54, 1.807) is 19.1 Å². The highest BCUT2D eigenvalue weighted by molar-refractivity contribution is 6.00. The van der Waals surface area contributed by atoms with Crippen molar-refractivity contribution in [1.82, 2.24) is 4.40 Å². The van der Waals surface area contributed by atoms with E-state index in [9.17, 15) is 23.9 Å². The van der Waals surface area contributed by atoms with Crippen molar-refractivity contribution in [2.75, 3.05) is 0 Å². The van der Waals surface area contributed by atoms with E-state index in [1.165, 1.54) is 18.2 Å². The summed E-state index contributed by atoms with van der Waals surface area (Å²) >= 11 is 0. The molecule has 4 rings (SSSR count). The maximum Gasteiger partial charge on any atom is 0.342 e. The highest BCUT2D eigenvalue weighted by Gasteiger charge is 2.34. The van der Waals surface area contributed by atoms with Crippen molar-refractivity contribution < 1.29 is 19.1 Å². The Morgan fingerprint density at radius 3 is 2.39 bits per heavy atom. The van der Waals surface area contributed by atoms with Gasteiger partial charge in [0.1, 0.15) is 11.4 Å². The Hall–Kier alpha value is -3.48. The molecule has 2 heterocycles. The van der Waals surface area contributed by atoms with Gasteiger partial charge in [-0.25, -0.2) is 9.18 Å². The standard InChI is InChI=1S/C21H17FN2O4/c1-10-8-14(22)9-24-18(10)16(12-2-3-12)15(17(20(24)26)21(27)28)11-4-6-13(7-5-11)19(23)25/h4-9,12H,2-3H2,1H3,(H2,23,25)(H,27,28). The maximum atomic E-state index is 14.0. The Morgan fingerprint density at radius 2 is 1.86 bits per heavy atom. The molecule has 1 amide bonds. The molecule has 3 N–H and O–H groups in total. The monoisotopic (exact) mass is 380 g/mol. The lowest BCUT2D eigenvalue weighted by Gasteiger charge is -2.18. The molecule has 1 aliphatic rings. The average Bonchev–Trinajstić information content (AvgIpc) is 3.46. The molecule has 7 heteroatoms. The third-order valence-corrected chi connectivity index (χ3v) is 5.09. The summed E-state index contributed by atoms with van der Waals surface area (Å²) in [7, 11) is 0. The smallest absolute Gasteiger partial charge is 0.342 e. The number of hydrogen-bond acceptors (Lipinski definition) is 3. The quantitative estimate of drug-likeness (QED) is 0.726.